The number of carbonyl (C=O) groups is 2. The van der Waals surface area contributed by atoms with Crippen LogP contribution >= 0.6 is 11.3 Å². The Bertz CT molecular complexity index is 726. The Kier molecular flexibility index (Phi) is 4.95. The lowest BCUT2D eigenvalue weighted by Crippen LogP contribution is -2.14. The Morgan fingerprint density at radius 2 is 2.09 bits per heavy atom. The standard InChI is InChI=1S/C14H13N3O4S/c1-9(18)6-7-10-4-2-3-5-11(10)13(19)16-14-15-8-12(22-14)17(20)21/h2-5,8H,6-7H2,1H3,(H,15,16,19). The van der Waals surface area contributed by atoms with Gasteiger partial charge in [-0.2, -0.15) is 0 Å². The van der Waals surface area contributed by atoms with Gasteiger partial charge in [-0.15, -0.1) is 0 Å². The van der Waals surface area contributed by atoms with Crippen molar-refractivity contribution in [3.05, 3.63) is 51.7 Å². The van der Waals surface area contributed by atoms with Gasteiger partial charge in [0.05, 0.1) is 4.92 Å². The third-order valence-electron chi connectivity index (χ3n) is 2.90. The summed E-state index contributed by atoms with van der Waals surface area (Å²) < 4.78 is 0. The molecular weight excluding hydrogens is 306 g/mol. The maximum Gasteiger partial charge on any atom is 0.345 e. The molecule has 0 saturated heterocycles. The van der Waals surface area contributed by atoms with Crippen molar-refractivity contribution in [2.75, 3.05) is 5.32 Å². The zero-order valence-electron chi connectivity index (χ0n) is 11.7. The van der Waals surface area contributed by atoms with E-state index in [9.17, 15) is 19.7 Å². The van der Waals surface area contributed by atoms with E-state index >= 15 is 0 Å². The summed E-state index contributed by atoms with van der Waals surface area (Å²) >= 11 is 0.792. The maximum atomic E-state index is 12.3. The molecule has 8 heteroatoms. The molecule has 0 saturated carbocycles. The summed E-state index contributed by atoms with van der Waals surface area (Å²) in [5.41, 5.74) is 1.18. The van der Waals surface area contributed by atoms with Crippen LogP contribution in [0.4, 0.5) is 10.1 Å². The maximum absolute atomic E-state index is 12.3. The van der Waals surface area contributed by atoms with Gasteiger partial charge in [0.1, 0.15) is 12.0 Å². The fourth-order valence-electron chi connectivity index (χ4n) is 1.84. The molecule has 0 bridgehead atoms. The zero-order chi connectivity index (χ0) is 16.1. The number of aryl methyl sites for hydroxylation is 1. The summed E-state index contributed by atoms with van der Waals surface area (Å²) in [6, 6.07) is 6.94. The van der Waals surface area contributed by atoms with Crippen molar-refractivity contribution in [1.82, 2.24) is 4.98 Å². The van der Waals surface area contributed by atoms with E-state index in [0.717, 1.165) is 23.1 Å². The third-order valence-corrected chi connectivity index (χ3v) is 3.77. The lowest BCUT2D eigenvalue weighted by atomic mass is 10.0. The van der Waals surface area contributed by atoms with Gasteiger partial charge in [0, 0.05) is 12.0 Å². The topological polar surface area (TPSA) is 102 Å². The molecule has 0 aliphatic heterocycles. The van der Waals surface area contributed by atoms with Gasteiger partial charge in [0.15, 0.2) is 5.13 Å². The van der Waals surface area contributed by atoms with Crippen LogP contribution in [0.5, 0.6) is 0 Å². The molecule has 114 valence electrons. The number of hydrogen-bond donors (Lipinski definition) is 1. The number of anilines is 1. The highest BCUT2D eigenvalue weighted by molar-refractivity contribution is 7.18. The second kappa shape index (κ2) is 6.90. The molecule has 0 aliphatic carbocycles. The first-order valence-corrected chi connectivity index (χ1v) is 7.28. The van der Waals surface area contributed by atoms with Crippen molar-refractivity contribution in [2.45, 2.75) is 19.8 Å². The van der Waals surface area contributed by atoms with Crippen LogP contribution in [0.3, 0.4) is 0 Å². The summed E-state index contributed by atoms with van der Waals surface area (Å²) in [7, 11) is 0. The van der Waals surface area contributed by atoms with Gasteiger partial charge in [0.2, 0.25) is 0 Å². The Hall–Kier alpha value is -2.61. The average Bonchev–Trinajstić information content (AvgIpc) is 2.94. The number of ketones is 1. The van der Waals surface area contributed by atoms with E-state index < -0.39 is 10.8 Å². The van der Waals surface area contributed by atoms with Gasteiger partial charge < -0.3 is 4.79 Å². The molecular formula is C14H13N3O4S. The van der Waals surface area contributed by atoms with Crippen LogP contribution in [0.25, 0.3) is 0 Å². The predicted octanol–water partition coefficient (Wildman–Crippen LogP) is 2.83. The van der Waals surface area contributed by atoms with Crippen molar-refractivity contribution >= 4 is 33.2 Å². The van der Waals surface area contributed by atoms with Gasteiger partial charge in [-0.25, -0.2) is 4.98 Å². The normalized spacial score (nSPS) is 10.2. The summed E-state index contributed by atoms with van der Waals surface area (Å²) in [6.45, 7) is 1.50. The van der Waals surface area contributed by atoms with Crippen LogP contribution in [-0.4, -0.2) is 21.6 Å². The molecule has 0 fully saturated rings. The molecule has 1 aromatic carbocycles. The molecule has 0 atom stereocenters. The molecule has 2 rings (SSSR count). The fraction of sp³-hybridized carbons (Fsp3) is 0.214. The number of Topliss-reactive ketones (excluding diaryl/α,β-unsaturated/α-hetero) is 1. The Morgan fingerprint density at radius 1 is 1.36 bits per heavy atom. The van der Waals surface area contributed by atoms with E-state index in [1.807, 2.05) is 0 Å². The van der Waals surface area contributed by atoms with Gasteiger partial charge in [-0.1, -0.05) is 18.2 Å². The molecule has 1 N–H and O–H groups in total. The third kappa shape index (κ3) is 3.95. The smallest absolute Gasteiger partial charge is 0.300 e. The number of carbonyl (C=O) groups excluding carboxylic acids is 2. The molecule has 22 heavy (non-hydrogen) atoms. The van der Waals surface area contributed by atoms with E-state index in [1.54, 1.807) is 24.3 Å². The summed E-state index contributed by atoms with van der Waals surface area (Å²) in [5, 5.41) is 13.2. The van der Waals surface area contributed by atoms with Gasteiger partial charge in [0.25, 0.3) is 5.91 Å². The Labute approximate surface area is 130 Å². The molecule has 1 heterocycles. The molecule has 1 amide bonds. The minimum atomic E-state index is -0.561. The number of nitrogens with one attached hydrogen (secondary N) is 1. The highest BCUT2D eigenvalue weighted by Crippen LogP contribution is 2.25. The van der Waals surface area contributed by atoms with Crippen molar-refractivity contribution in [3.8, 4) is 0 Å². The van der Waals surface area contributed by atoms with E-state index in [-0.39, 0.29) is 15.9 Å². The van der Waals surface area contributed by atoms with E-state index in [4.69, 9.17) is 0 Å². The molecule has 1 aromatic heterocycles. The number of amides is 1. The van der Waals surface area contributed by atoms with E-state index in [0.29, 0.717) is 18.4 Å². The number of thiazole rings is 1. The van der Waals surface area contributed by atoms with E-state index in [2.05, 4.69) is 10.3 Å². The highest BCUT2D eigenvalue weighted by Gasteiger charge is 2.16. The van der Waals surface area contributed by atoms with Gasteiger partial charge in [-0.05, 0) is 36.3 Å². The van der Waals surface area contributed by atoms with Gasteiger partial charge in [-0.3, -0.25) is 20.2 Å². The van der Waals surface area contributed by atoms with Crippen LogP contribution in [0.2, 0.25) is 0 Å². The molecule has 0 radical (unpaired) electrons. The molecule has 0 unspecified atom stereocenters. The number of rotatable bonds is 6. The minimum absolute atomic E-state index is 0.0470. The van der Waals surface area contributed by atoms with Crippen LogP contribution < -0.4 is 5.32 Å². The monoisotopic (exact) mass is 319 g/mol. The first kappa shape index (κ1) is 15.8. The molecule has 0 aliphatic rings. The summed E-state index contributed by atoms with van der Waals surface area (Å²) in [5.74, 6) is -0.353. The van der Waals surface area contributed by atoms with Gasteiger partial charge >= 0.3 is 5.00 Å². The SMILES string of the molecule is CC(=O)CCc1ccccc1C(=O)Nc1ncc([N+](=O)[O-])s1. The first-order valence-electron chi connectivity index (χ1n) is 6.46. The first-order chi connectivity index (χ1) is 10.5. The van der Waals surface area contributed by atoms with Crippen LogP contribution in [0.1, 0.15) is 29.3 Å². The Morgan fingerprint density at radius 3 is 2.73 bits per heavy atom. The molecule has 7 nitrogen and oxygen atoms in total. The van der Waals surface area contributed by atoms with E-state index in [1.165, 1.54) is 6.92 Å². The van der Waals surface area contributed by atoms with Crippen molar-refractivity contribution in [1.29, 1.82) is 0 Å². The van der Waals surface area contributed by atoms with Crippen molar-refractivity contribution in [2.24, 2.45) is 0 Å². The molecule has 2 aromatic rings. The van der Waals surface area contributed by atoms with Crippen molar-refractivity contribution in [3.63, 3.8) is 0 Å². The highest BCUT2D eigenvalue weighted by atomic mass is 32.1. The van der Waals surface area contributed by atoms with Crippen LogP contribution in [-0.2, 0) is 11.2 Å². The number of hydrogen-bond acceptors (Lipinski definition) is 6. The largest absolute Gasteiger partial charge is 0.345 e. The lowest BCUT2D eigenvalue weighted by molar-refractivity contribution is -0.380. The number of benzene rings is 1. The number of nitro groups is 1. The summed E-state index contributed by atoms with van der Waals surface area (Å²) in [4.78, 5) is 37.2. The van der Waals surface area contributed by atoms with Crippen molar-refractivity contribution < 1.29 is 14.5 Å². The quantitative estimate of drug-likeness (QED) is 0.651. The summed E-state index contributed by atoms with van der Waals surface area (Å²) in [6.07, 6.45) is 1.92. The average molecular weight is 319 g/mol. The minimum Gasteiger partial charge on any atom is -0.300 e. The van der Waals surface area contributed by atoms with Crippen LogP contribution in [0, 0.1) is 10.1 Å². The molecule has 0 spiro atoms. The lowest BCUT2D eigenvalue weighted by Gasteiger charge is -2.07. The fourth-order valence-corrected chi connectivity index (χ4v) is 2.47. The second-order valence-corrected chi connectivity index (χ2v) is 5.58. The predicted molar refractivity (Wildman–Crippen MR) is 82.2 cm³/mol. The Balaban J connectivity index is 2.14. The zero-order valence-corrected chi connectivity index (χ0v) is 12.6. The number of aromatic nitrogens is 1. The second-order valence-electron chi connectivity index (χ2n) is 4.57. The van der Waals surface area contributed by atoms with Crippen LogP contribution in [0.15, 0.2) is 30.5 Å². The number of nitrogens with zero attached hydrogens (tertiary/aromatic N) is 2.